The lowest BCUT2D eigenvalue weighted by atomic mass is 9.77. The van der Waals surface area contributed by atoms with Crippen molar-refractivity contribution >= 4 is 22.1 Å². The predicted molar refractivity (Wildman–Crippen MR) is 116 cm³/mol. The fourth-order valence-corrected chi connectivity index (χ4v) is 4.58. The molecule has 140 valence electrons. The number of fused-ring (bicyclic) bond motifs is 4. The van der Waals surface area contributed by atoms with Gasteiger partial charge in [0.25, 0.3) is 0 Å². The molecule has 0 atom stereocenters. The highest BCUT2D eigenvalue weighted by molar-refractivity contribution is 6.20. The maximum absolute atomic E-state index is 13.3. The molecule has 29 heavy (non-hydrogen) atoms. The molecule has 0 saturated heterocycles. The molecule has 3 heteroatoms. The normalized spacial score (nSPS) is 15.2. The van der Waals surface area contributed by atoms with Crippen molar-refractivity contribution in [2.75, 3.05) is 0 Å². The number of hydrogen-bond donors (Lipinski definition) is 1. The minimum absolute atomic E-state index is 0.148. The molecule has 0 bridgehead atoms. The lowest BCUT2D eigenvalue weighted by Gasteiger charge is -2.25. The van der Waals surface area contributed by atoms with Gasteiger partial charge in [0.15, 0.2) is 5.78 Å². The zero-order chi connectivity index (χ0) is 20.0. The van der Waals surface area contributed by atoms with E-state index < -0.39 is 0 Å². The highest BCUT2D eigenvalue weighted by Gasteiger charge is 2.28. The van der Waals surface area contributed by atoms with Gasteiger partial charge >= 0.3 is 0 Å². The van der Waals surface area contributed by atoms with Gasteiger partial charge in [0.05, 0.1) is 11.6 Å². The Morgan fingerprint density at radius 2 is 1.79 bits per heavy atom. The van der Waals surface area contributed by atoms with Crippen LogP contribution in [0.1, 0.15) is 46.3 Å². The van der Waals surface area contributed by atoms with Crippen LogP contribution in [0.25, 0.3) is 27.5 Å². The molecule has 0 aliphatic heterocycles. The molecule has 0 amide bonds. The second-order valence-corrected chi connectivity index (χ2v) is 7.64. The summed E-state index contributed by atoms with van der Waals surface area (Å²) >= 11 is 0. The van der Waals surface area contributed by atoms with E-state index in [0.29, 0.717) is 18.5 Å². The van der Waals surface area contributed by atoms with Crippen molar-refractivity contribution in [3.8, 4) is 17.2 Å². The van der Waals surface area contributed by atoms with Crippen molar-refractivity contribution in [2.24, 2.45) is 5.73 Å². The topological polar surface area (TPSA) is 66.9 Å². The summed E-state index contributed by atoms with van der Waals surface area (Å²) in [6.07, 6.45) is 6.74. The molecule has 2 N–H and O–H groups in total. The summed E-state index contributed by atoms with van der Waals surface area (Å²) in [6.45, 7) is 0.492. The number of nitrogens with two attached hydrogens (primary N) is 1. The molecule has 0 heterocycles. The van der Waals surface area contributed by atoms with Gasteiger partial charge in [-0.2, -0.15) is 5.26 Å². The van der Waals surface area contributed by atoms with Crippen LogP contribution in [0.5, 0.6) is 0 Å². The van der Waals surface area contributed by atoms with E-state index in [1.165, 1.54) is 11.1 Å². The molecule has 3 aromatic carbocycles. The maximum atomic E-state index is 13.3. The Labute approximate surface area is 169 Å². The van der Waals surface area contributed by atoms with Gasteiger partial charge in [-0.1, -0.05) is 60.2 Å². The Morgan fingerprint density at radius 1 is 1.00 bits per heavy atom. The second kappa shape index (κ2) is 6.84. The van der Waals surface area contributed by atoms with E-state index in [-0.39, 0.29) is 5.78 Å². The number of allylic oxidation sites excluding steroid dienone is 4. The summed E-state index contributed by atoms with van der Waals surface area (Å²) in [5.74, 6) is 0.148. The Hall–Kier alpha value is -3.48. The molecule has 5 rings (SSSR count). The van der Waals surface area contributed by atoms with Gasteiger partial charge < -0.3 is 5.73 Å². The molecule has 2 aliphatic rings. The van der Waals surface area contributed by atoms with Crippen LogP contribution in [0.3, 0.4) is 0 Å². The molecule has 0 aromatic heterocycles. The summed E-state index contributed by atoms with van der Waals surface area (Å²) in [5.41, 5.74) is 13.6. The lowest BCUT2D eigenvalue weighted by molar-refractivity contribution is 0.0992. The van der Waals surface area contributed by atoms with Crippen molar-refractivity contribution in [1.29, 1.82) is 5.26 Å². The average Bonchev–Trinajstić information content (AvgIpc) is 2.78. The number of nitriles is 1. The Bertz CT molecular complexity index is 1270. The zero-order valence-corrected chi connectivity index (χ0v) is 16.0. The van der Waals surface area contributed by atoms with Crippen LogP contribution >= 0.6 is 0 Å². The van der Waals surface area contributed by atoms with Gasteiger partial charge in [-0.05, 0) is 46.7 Å². The molecule has 0 unspecified atom stereocenters. The van der Waals surface area contributed by atoms with E-state index in [4.69, 9.17) is 5.73 Å². The second-order valence-electron chi connectivity index (χ2n) is 7.64. The molecular weight excluding hydrogens is 356 g/mol. The highest BCUT2D eigenvalue weighted by atomic mass is 16.1. The highest BCUT2D eigenvalue weighted by Crippen LogP contribution is 2.43. The van der Waals surface area contributed by atoms with Crippen LogP contribution in [-0.4, -0.2) is 5.78 Å². The molecular formula is C26H20N2O. The zero-order valence-electron chi connectivity index (χ0n) is 16.0. The lowest BCUT2D eigenvalue weighted by Crippen LogP contribution is -2.14. The van der Waals surface area contributed by atoms with Crippen LogP contribution in [0, 0.1) is 11.3 Å². The van der Waals surface area contributed by atoms with Gasteiger partial charge in [-0.3, -0.25) is 4.79 Å². The summed E-state index contributed by atoms with van der Waals surface area (Å²) in [6, 6.07) is 18.2. The van der Waals surface area contributed by atoms with Gasteiger partial charge in [0.1, 0.15) is 0 Å². The van der Waals surface area contributed by atoms with E-state index in [0.717, 1.165) is 51.4 Å². The van der Waals surface area contributed by atoms with Crippen LogP contribution < -0.4 is 5.73 Å². The number of rotatable bonds is 2. The standard InChI is InChI=1S/C26H20N2O/c27-14-16-5-7-17(8-6-16)21-10-9-19(15-28)22-11-12-23-20-4-2-1-3-18(20)13-24(29)26(23)25(21)22/h2,4-12H,1,3,13-14,27H2. The number of carbonyl (C=O) groups is 1. The summed E-state index contributed by atoms with van der Waals surface area (Å²) in [5, 5.41) is 11.4. The monoisotopic (exact) mass is 376 g/mol. The molecule has 3 aromatic rings. The summed E-state index contributed by atoms with van der Waals surface area (Å²) in [4.78, 5) is 13.3. The van der Waals surface area contributed by atoms with Gasteiger partial charge in [0, 0.05) is 29.3 Å². The Morgan fingerprint density at radius 3 is 2.55 bits per heavy atom. The number of benzene rings is 3. The van der Waals surface area contributed by atoms with E-state index in [9.17, 15) is 10.1 Å². The van der Waals surface area contributed by atoms with E-state index in [1.807, 2.05) is 48.5 Å². The minimum atomic E-state index is 0.148. The fourth-order valence-electron chi connectivity index (χ4n) is 4.58. The Kier molecular flexibility index (Phi) is 4.16. The number of ketones is 1. The first-order chi connectivity index (χ1) is 14.2. The van der Waals surface area contributed by atoms with E-state index >= 15 is 0 Å². The average molecular weight is 376 g/mol. The van der Waals surface area contributed by atoms with Crippen LogP contribution in [0.4, 0.5) is 0 Å². The molecule has 3 nitrogen and oxygen atoms in total. The third-order valence-corrected chi connectivity index (χ3v) is 6.02. The fraction of sp³-hybridized carbons (Fsp3) is 0.154. The van der Waals surface area contributed by atoms with Crippen LogP contribution in [0.2, 0.25) is 0 Å². The number of carbonyl (C=O) groups excluding carboxylic acids is 1. The maximum Gasteiger partial charge on any atom is 0.168 e. The van der Waals surface area contributed by atoms with Crippen LogP contribution in [0.15, 0.2) is 66.3 Å². The molecule has 0 fully saturated rings. The minimum Gasteiger partial charge on any atom is -0.326 e. The van der Waals surface area contributed by atoms with Crippen molar-refractivity contribution in [1.82, 2.24) is 0 Å². The Balaban J connectivity index is 1.86. The first-order valence-electron chi connectivity index (χ1n) is 9.92. The van der Waals surface area contributed by atoms with Crippen LogP contribution in [-0.2, 0) is 6.54 Å². The first-order valence-corrected chi connectivity index (χ1v) is 9.92. The predicted octanol–water partition coefficient (Wildman–Crippen LogP) is 5.53. The summed E-state index contributed by atoms with van der Waals surface area (Å²) in [7, 11) is 0. The summed E-state index contributed by atoms with van der Waals surface area (Å²) < 4.78 is 0. The molecule has 0 spiro atoms. The first kappa shape index (κ1) is 17.6. The van der Waals surface area contributed by atoms with Crippen molar-refractivity contribution < 1.29 is 4.79 Å². The van der Waals surface area contributed by atoms with Gasteiger partial charge in [0.2, 0.25) is 0 Å². The largest absolute Gasteiger partial charge is 0.326 e. The van der Waals surface area contributed by atoms with Gasteiger partial charge in [-0.25, -0.2) is 0 Å². The van der Waals surface area contributed by atoms with Crippen molar-refractivity contribution in [3.05, 3.63) is 88.5 Å². The van der Waals surface area contributed by atoms with E-state index in [2.05, 4.69) is 18.2 Å². The molecule has 2 aliphatic carbocycles. The van der Waals surface area contributed by atoms with Crippen molar-refractivity contribution in [2.45, 2.75) is 25.8 Å². The number of Topliss-reactive ketones (excluding diaryl/α,β-unsaturated/α-hetero) is 1. The third-order valence-electron chi connectivity index (χ3n) is 6.02. The van der Waals surface area contributed by atoms with Gasteiger partial charge in [-0.15, -0.1) is 0 Å². The van der Waals surface area contributed by atoms with Crippen molar-refractivity contribution in [3.63, 3.8) is 0 Å². The number of nitrogens with zero attached hydrogens (tertiary/aromatic N) is 1. The van der Waals surface area contributed by atoms with E-state index in [1.54, 1.807) is 0 Å². The SMILES string of the molecule is N#Cc1ccc(-c2ccc(CN)cc2)c2c3c(ccc12)C1=C(CCC=C1)CC3=O. The number of hydrogen-bond acceptors (Lipinski definition) is 3. The smallest absolute Gasteiger partial charge is 0.168 e. The third kappa shape index (κ3) is 2.73. The molecule has 0 radical (unpaired) electrons. The molecule has 0 saturated carbocycles. The quantitative estimate of drug-likeness (QED) is 0.640.